The lowest BCUT2D eigenvalue weighted by Crippen LogP contribution is -2.68. The molecule has 0 aliphatic carbocycles. The first-order chi connectivity index (χ1) is 15.1. The summed E-state index contributed by atoms with van der Waals surface area (Å²) in [4.78, 5) is 39.7. The van der Waals surface area contributed by atoms with Crippen LogP contribution in [0.2, 0.25) is 0 Å². The monoisotopic (exact) mass is 499 g/mol. The summed E-state index contributed by atoms with van der Waals surface area (Å²) in [5, 5.41) is 0. The van der Waals surface area contributed by atoms with Crippen molar-refractivity contribution in [3.63, 3.8) is 0 Å². The zero-order valence-corrected chi connectivity index (χ0v) is 19.4. The molecule has 0 saturated carbocycles. The summed E-state index contributed by atoms with van der Waals surface area (Å²) in [6, 6.07) is 14.4. The first-order valence-electron chi connectivity index (χ1n) is 9.59. The summed E-state index contributed by atoms with van der Waals surface area (Å²) in [5.74, 6) is -0.954. The summed E-state index contributed by atoms with van der Waals surface area (Å²) in [7, 11) is 1.53. The van der Waals surface area contributed by atoms with Crippen LogP contribution in [-0.4, -0.2) is 47.5 Å². The lowest BCUT2D eigenvalue weighted by atomic mass is 9.78. The van der Waals surface area contributed by atoms with Crippen molar-refractivity contribution < 1.29 is 28.6 Å². The van der Waals surface area contributed by atoms with Gasteiger partial charge in [-0.15, -0.1) is 0 Å². The predicted octanol–water partition coefficient (Wildman–Crippen LogP) is 4.82. The number of benzene rings is 2. The molecule has 0 N–H and O–H groups in total. The van der Waals surface area contributed by atoms with E-state index in [1.54, 1.807) is 54.6 Å². The maximum atomic E-state index is 13.3. The zero-order valence-electron chi connectivity index (χ0n) is 17.2. The normalized spacial score (nSPS) is 19.0. The summed E-state index contributed by atoms with van der Waals surface area (Å²) in [5.41, 5.74) is 0.951. The number of carbonyl (C=O) groups excluding carboxylic acids is 3. The second-order valence-electron chi connectivity index (χ2n) is 7.08. The van der Waals surface area contributed by atoms with E-state index in [1.165, 1.54) is 18.9 Å². The largest absolute Gasteiger partial charge is 0.508 e. The number of ether oxygens (including phenoxy) is 3. The Morgan fingerprint density at radius 3 is 2.25 bits per heavy atom. The van der Waals surface area contributed by atoms with E-state index in [-0.39, 0.29) is 11.7 Å². The van der Waals surface area contributed by atoms with Crippen molar-refractivity contribution in [1.82, 2.24) is 0 Å². The second-order valence-corrected chi connectivity index (χ2v) is 9.60. The van der Waals surface area contributed by atoms with Crippen LogP contribution in [0, 0.1) is 5.92 Å². The van der Waals surface area contributed by atoms with Gasteiger partial charge in [0.25, 0.3) is 0 Å². The molecule has 1 aliphatic heterocycles. The van der Waals surface area contributed by atoms with Crippen molar-refractivity contribution in [2.75, 3.05) is 18.6 Å². The summed E-state index contributed by atoms with van der Waals surface area (Å²) >= 11 is 16.7. The minimum atomic E-state index is -1.80. The lowest BCUT2D eigenvalue weighted by molar-refractivity contribution is -0.134. The predicted molar refractivity (Wildman–Crippen MR) is 121 cm³/mol. The van der Waals surface area contributed by atoms with Crippen LogP contribution >= 0.6 is 34.8 Å². The van der Waals surface area contributed by atoms with E-state index in [0.29, 0.717) is 17.0 Å². The summed E-state index contributed by atoms with van der Waals surface area (Å²) in [6.45, 7) is 0.988. The van der Waals surface area contributed by atoms with Gasteiger partial charge in [0.15, 0.2) is 5.78 Å². The second kappa shape index (κ2) is 9.98. The molecule has 1 heterocycles. The Balaban J connectivity index is 1.83. The number of β-lactam (4-membered cyclic amide) rings is 1. The highest BCUT2D eigenvalue weighted by Gasteiger charge is 2.55. The molecule has 3 rings (SSSR count). The molecule has 0 spiro atoms. The number of nitrogens with zero attached hydrogens (tertiary/aromatic N) is 1. The van der Waals surface area contributed by atoms with Gasteiger partial charge in [0.05, 0.1) is 7.11 Å². The standard InChI is InChI=1S/C22H20Cl3NO6/c1-13(32-21(29)31-12-22(23,24)25)17-18(19(27)14-6-4-3-5-7-14)26(20(17)28)15-8-10-16(30-2)11-9-15/h3-11,13,17-18H,12H2,1-2H3. The van der Waals surface area contributed by atoms with Gasteiger partial charge in [-0.05, 0) is 31.2 Å². The fraction of sp³-hybridized carbons (Fsp3) is 0.318. The number of hydrogen-bond donors (Lipinski definition) is 0. The third-order valence-electron chi connectivity index (χ3n) is 4.96. The van der Waals surface area contributed by atoms with Gasteiger partial charge in [0.1, 0.15) is 30.4 Å². The summed E-state index contributed by atoms with van der Waals surface area (Å²) in [6.07, 6.45) is -2.07. The van der Waals surface area contributed by atoms with Crippen LogP contribution in [0.1, 0.15) is 17.3 Å². The highest BCUT2D eigenvalue weighted by Crippen LogP contribution is 2.38. The van der Waals surface area contributed by atoms with Gasteiger partial charge in [-0.3, -0.25) is 9.59 Å². The van der Waals surface area contributed by atoms with Crippen molar-refractivity contribution in [3.05, 3.63) is 60.2 Å². The van der Waals surface area contributed by atoms with E-state index in [0.717, 1.165) is 0 Å². The van der Waals surface area contributed by atoms with Gasteiger partial charge < -0.3 is 19.1 Å². The fourth-order valence-electron chi connectivity index (χ4n) is 3.45. The Hall–Kier alpha value is -2.48. The van der Waals surface area contributed by atoms with Gasteiger partial charge >= 0.3 is 6.16 Å². The Kier molecular flexibility index (Phi) is 7.54. The Morgan fingerprint density at radius 1 is 1.06 bits per heavy atom. The van der Waals surface area contributed by atoms with Crippen molar-refractivity contribution in [2.45, 2.75) is 22.9 Å². The fourth-order valence-corrected chi connectivity index (χ4v) is 3.62. The van der Waals surface area contributed by atoms with Crippen LogP contribution in [0.15, 0.2) is 54.6 Å². The number of hydrogen-bond acceptors (Lipinski definition) is 6. The number of carbonyl (C=O) groups is 3. The highest BCUT2D eigenvalue weighted by molar-refractivity contribution is 6.67. The van der Waals surface area contributed by atoms with Gasteiger partial charge in [-0.25, -0.2) is 4.79 Å². The van der Waals surface area contributed by atoms with Gasteiger partial charge in [0, 0.05) is 11.3 Å². The van der Waals surface area contributed by atoms with E-state index < -0.39 is 34.6 Å². The number of amides is 1. The molecule has 0 bridgehead atoms. The topological polar surface area (TPSA) is 82.1 Å². The number of methoxy groups -OCH3 is 1. The number of anilines is 1. The SMILES string of the molecule is COc1ccc(N2C(=O)C(C(C)OC(=O)OCC(Cl)(Cl)Cl)C2C(=O)c2ccccc2)cc1. The van der Waals surface area contributed by atoms with E-state index in [4.69, 9.17) is 49.0 Å². The lowest BCUT2D eigenvalue weighted by Gasteiger charge is -2.47. The maximum absolute atomic E-state index is 13.3. The number of ketones is 1. The first kappa shape index (κ1) is 24.2. The van der Waals surface area contributed by atoms with Gasteiger partial charge in [0.2, 0.25) is 9.70 Å². The molecule has 1 saturated heterocycles. The van der Waals surface area contributed by atoms with E-state index >= 15 is 0 Å². The van der Waals surface area contributed by atoms with Gasteiger partial charge in [-0.2, -0.15) is 0 Å². The Labute approximate surface area is 200 Å². The molecule has 2 aromatic carbocycles. The molecule has 2 aromatic rings. The van der Waals surface area contributed by atoms with E-state index in [9.17, 15) is 14.4 Å². The molecular weight excluding hydrogens is 481 g/mol. The quantitative estimate of drug-likeness (QED) is 0.235. The molecule has 32 heavy (non-hydrogen) atoms. The Bertz CT molecular complexity index is 977. The average molecular weight is 501 g/mol. The molecule has 1 aliphatic rings. The highest BCUT2D eigenvalue weighted by atomic mass is 35.6. The molecule has 170 valence electrons. The molecule has 3 unspecified atom stereocenters. The third-order valence-corrected chi connectivity index (χ3v) is 5.29. The summed E-state index contributed by atoms with van der Waals surface area (Å²) < 4.78 is 13.3. The average Bonchev–Trinajstić information content (AvgIpc) is 2.76. The number of rotatable bonds is 7. The van der Waals surface area contributed by atoms with Crippen LogP contribution < -0.4 is 9.64 Å². The van der Waals surface area contributed by atoms with E-state index in [2.05, 4.69) is 0 Å². The smallest absolute Gasteiger partial charge is 0.497 e. The van der Waals surface area contributed by atoms with Crippen LogP contribution in [-0.2, 0) is 14.3 Å². The molecule has 0 aromatic heterocycles. The van der Waals surface area contributed by atoms with Crippen LogP contribution in [0.25, 0.3) is 0 Å². The molecule has 10 heteroatoms. The van der Waals surface area contributed by atoms with Crippen molar-refractivity contribution in [3.8, 4) is 5.75 Å². The minimum Gasteiger partial charge on any atom is -0.497 e. The molecule has 3 atom stereocenters. The van der Waals surface area contributed by atoms with E-state index in [1.807, 2.05) is 0 Å². The molecule has 0 radical (unpaired) electrons. The van der Waals surface area contributed by atoms with Gasteiger partial charge in [-0.1, -0.05) is 65.1 Å². The van der Waals surface area contributed by atoms with Crippen LogP contribution in [0.5, 0.6) is 5.75 Å². The molecule has 7 nitrogen and oxygen atoms in total. The van der Waals surface area contributed by atoms with Crippen LogP contribution in [0.4, 0.5) is 10.5 Å². The zero-order chi connectivity index (χ0) is 23.5. The first-order valence-corrected chi connectivity index (χ1v) is 10.7. The molecular formula is C22H20Cl3NO6. The van der Waals surface area contributed by atoms with Crippen molar-refractivity contribution in [1.29, 1.82) is 0 Å². The third kappa shape index (κ3) is 5.46. The number of alkyl halides is 3. The van der Waals surface area contributed by atoms with Crippen LogP contribution in [0.3, 0.4) is 0 Å². The minimum absolute atomic E-state index is 0.281. The maximum Gasteiger partial charge on any atom is 0.508 e. The number of halogens is 3. The van der Waals surface area contributed by atoms with Crippen molar-refractivity contribution >= 4 is 58.3 Å². The van der Waals surface area contributed by atoms with Crippen molar-refractivity contribution in [2.24, 2.45) is 5.92 Å². The Morgan fingerprint density at radius 2 is 1.69 bits per heavy atom. The molecule has 1 fully saturated rings. The molecule has 1 amide bonds. The number of Topliss-reactive ketones (excluding diaryl/α,β-unsaturated/α-hetero) is 1.